The van der Waals surface area contributed by atoms with Crippen molar-refractivity contribution in [1.82, 2.24) is 20.1 Å². The monoisotopic (exact) mass is 374 g/mol. The number of hydrogen-bond acceptors (Lipinski definition) is 5. The summed E-state index contributed by atoms with van der Waals surface area (Å²) in [5, 5.41) is 13.9. The molecule has 25 heavy (non-hydrogen) atoms. The molecule has 2 N–H and O–H groups in total. The zero-order chi connectivity index (χ0) is 18.3. The van der Waals surface area contributed by atoms with Crippen molar-refractivity contribution in [2.75, 3.05) is 24.6 Å². The standard InChI is InChI=1S/C13H16N4S.C2HF3O2/c1-2-11(9-17-4-6-18-7-5-17)8-12(3-1)13-14-10-15-16-13;3-2(4,5)1(6)7/h1-3,8,10H,4-7,9H2,(H,14,15,16);(H,6,7). The molecule has 1 aromatic carbocycles. The molecule has 1 aliphatic rings. The number of nitrogens with one attached hydrogen (secondary N) is 1. The van der Waals surface area contributed by atoms with Gasteiger partial charge in [-0.25, -0.2) is 9.78 Å². The normalized spacial score (nSPS) is 15.3. The highest BCUT2D eigenvalue weighted by molar-refractivity contribution is 7.99. The van der Waals surface area contributed by atoms with Crippen LogP contribution in [0.15, 0.2) is 30.6 Å². The lowest BCUT2D eigenvalue weighted by Crippen LogP contribution is -2.31. The van der Waals surface area contributed by atoms with Crippen molar-refractivity contribution < 1.29 is 23.1 Å². The first-order valence-corrected chi connectivity index (χ1v) is 8.56. The van der Waals surface area contributed by atoms with Gasteiger partial charge in [0, 0.05) is 36.7 Å². The molecular weight excluding hydrogens is 357 g/mol. The van der Waals surface area contributed by atoms with Crippen LogP contribution < -0.4 is 0 Å². The Morgan fingerprint density at radius 2 is 2.00 bits per heavy atom. The Kier molecular flexibility index (Phi) is 6.82. The van der Waals surface area contributed by atoms with Gasteiger partial charge >= 0.3 is 12.1 Å². The Hall–Kier alpha value is -2.07. The van der Waals surface area contributed by atoms with Crippen LogP contribution in [0.3, 0.4) is 0 Å². The Labute approximate surface area is 146 Å². The predicted octanol–water partition coefficient (Wildman–Crippen LogP) is 2.65. The predicted molar refractivity (Wildman–Crippen MR) is 88.1 cm³/mol. The molecule has 1 fully saturated rings. The van der Waals surface area contributed by atoms with Crippen molar-refractivity contribution in [2.24, 2.45) is 0 Å². The number of carboxylic acid groups (broad SMARTS) is 1. The van der Waals surface area contributed by atoms with Crippen molar-refractivity contribution in [1.29, 1.82) is 0 Å². The summed E-state index contributed by atoms with van der Waals surface area (Å²) in [6.07, 6.45) is -3.54. The molecule has 0 atom stereocenters. The first-order valence-electron chi connectivity index (χ1n) is 7.41. The molecule has 10 heteroatoms. The summed E-state index contributed by atoms with van der Waals surface area (Å²) in [6, 6.07) is 8.53. The summed E-state index contributed by atoms with van der Waals surface area (Å²) in [6.45, 7) is 3.41. The highest BCUT2D eigenvalue weighted by Gasteiger charge is 2.38. The number of aliphatic carboxylic acids is 1. The second-order valence-corrected chi connectivity index (χ2v) is 6.45. The van der Waals surface area contributed by atoms with Crippen LogP contribution in [-0.4, -0.2) is 61.9 Å². The molecule has 0 amide bonds. The number of alkyl halides is 3. The van der Waals surface area contributed by atoms with Crippen LogP contribution in [0.1, 0.15) is 5.56 Å². The summed E-state index contributed by atoms with van der Waals surface area (Å²) in [4.78, 5) is 15.6. The summed E-state index contributed by atoms with van der Waals surface area (Å²) in [7, 11) is 0. The average Bonchev–Trinajstić information content (AvgIpc) is 3.10. The van der Waals surface area contributed by atoms with Crippen molar-refractivity contribution >= 4 is 17.7 Å². The maximum atomic E-state index is 10.6. The second kappa shape index (κ2) is 8.86. The van der Waals surface area contributed by atoms with Gasteiger partial charge in [-0.3, -0.25) is 10.00 Å². The highest BCUT2D eigenvalue weighted by atomic mass is 32.2. The fourth-order valence-electron chi connectivity index (χ4n) is 2.18. The molecule has 6 nitrogen and oxygen atoms in total. The van der Waals surface area contributed by atoms with E-state index in [1.807, 2.05) is 11.8 Å². The van der Waals surface area contributed by atoms with Gasteiger partial charge in [-0.05, 0) is 11.6 Å². The third-order valence-electron chi connectivity index (χ3n) is 3.37. The summed E-state index contributed by atoms with van der Waals surface area (Å²) >= 11 is 2.05. The van der Waals surface area contributed by atoms with Gasteiger partial charge in [0.05, 0.1) is 0 Å². The fourth-order valence-corrected chi connectivity index (χ4v) is 3.16. The van der Waals surface area contributed by atoms with E-state index in [1.165, 1.54) is 30.2 Å². The van der Waals surface area contributed by atoms with E-state index in [2.05, 4.69) is 44.3 Å². The Morgan fingerprint density at radius 1 is 1.32 bits per heavy atom. The summed E-state index contributed by atoms with van der Waals surface area (Å²) in [5.74, 6) is 0.586. The van der Waals surface area contributed by atoms with Crippen LogP contribution in [0.25, 0.3) is 11.4 Å². The molecule has 136 valence electrons. The van der Waals surface area contributed by atoms with Crippen LogP contribution in [0.2, 0.25) is 0 Å². The topological polar surface area (TPSA) is 82.1 Å². The number of aromatic amines is 1. The van der Waals surface area contributed by atoms with Crippen LogP contribution in [0.5, 0.6) is 0 Å². The largest absolute Gasteiger partial charge is 0.490 e. The molecule has 0 aliphatic carbocycles. The van der Waals surface area contributed by atoms with Crippen LogP contribution in [-0.2, 0) is 11.3 Å². The van der Waals surface area contributed by atoms with E-state index < -0.39 is 12.1 Å². The van der Waals surface area contributed by atoms with Gasteiger partial charge < -0.3 is 5.11 Å². The minimum atomic E-state index is -5.08. The van der Waals surface area contributed by atoms with Gasteiger partial charge in [0.25, 0.3) is 0 Å². The SMILES string of the molecule is O=C(O)C(F)(F)F.c1cc(CN2CCSCC2)cc(-c2ncn[nH]2)c1. The molecule has 1 aromatic heterocycles. The molecular formula is C15H17F3N4O2S. The van der Waals surface area contributed by atoms with E-state index in [-0.39, 0.29) is 0 Å². The van der Waals surface area contributed by atoms with Gasteiger partial charge in [-0.15, -0.1) is 0 Å². The number of rotatable bonds is 3. The van der Waals surface area contributed by atoms with E-state index in [0.717, 1.165) is 17.9 Å². The van der Waals surface area contributed by atoms with Gasteiger partial charge in [0.1, 0.15) is 6.33 Å². The third kappa shape index (κ3) is 6.39. The first kappa shape index (κ1) is 19.3. The second-order valence-electron chi connectivity index (χ2n) is 5.23. The lowest BCUT2D eigenvalue weighted by atomic mass is 10.1. The molecule has 0 bridgehead atoms. The number of H-pyrrole nitrogens is 1. The average molecular weight is 374 g/mol. The number of nitrogens with zero attached hydrogens (tertiary/aromatic N) is 3. The van der Waals surface area contributed by atoms with Crippen LogP contribution in [0, 0.1) is 0 Å². The molecule has 3 rings (SSSR count). The Balaban J connectivity index is 0.000000277. The van der Waals surface area contributed by atoms with E-state index in [9.17, 15) is 13.2 Å². The maximum Gasteiger partial charge on any atom is 0.490 e. The van der Waals surface area contributed by atoms with E-state index in [4.69, 9.17) is 9.90 Å². The van der Waals surface area contributed by atoms with Gasteiger partial charge in [-0.1, -0.05) is 18.2 Å². The molecule has 0 spiro atoms. The molecule has 0 radical (unpaired) electrons. The van der Waals surface area contributed by atoms with Gasteiger partial charge in [0.2, 0.25) is 0 Å². The molecule has 2 aromatic rings. The van der Waals surface area contributed by atoms with Crippen LogP contribution >= 0.6 is 11.8 Å². The lowest BCUT2D eigenvalue weighted by Gasteiger charge is -2.26. The quantitative estimate of drug-likeness (QED) is 0.860. The van der Waals surface area contributed by atoms with Crippen LogP contribution in [0.4, 0.5) is 13.2 Å². The van der Waals surface area contributed by atoms with Crippen molar-refractivity contribution in [3.63, 3.8) is 0 Å². The number of carboxylic acids is 1. The lowest BCUT2D eigenvalue weighted by molar-refractivity contribution is -0.192. The van der Waals surface area contributed by atoms with Crippen molar-refractivity contribution in [2.45, 2.75) is 12.7 Å². The Morgan fingerprint density at radius 3 is 2.56 bits per heavy atom. The zero-order valence-corrected chi connectivity index (χ0v) is 14.0. The third-order valence-corrected chi connectivity index (χ3v) is 4.31. The maximum absolute atomic E-state index is 10.6. The minimum Gasteiger partial charge on any atom is -0.475 e. The highest BCUT2D eigenvalue weighted by Crippen LogP contribution is 2.18. The number of carbonyl (C=O) groups is 1. The molecule has 1 aliphatic heterocycles. The van der Waals surface area contributed by atoms with E-state index >= 15 is 0 Å². The number of benzene rings is 1. The molecule has 0 saturated carbocycles. The molecule has 1 saturated heterocycles. The number of halogens is 3. The summed E-state index contributed by atoms with van der Waals surface area (Å²) in [5.41, 5.74) is 2.45. The van der Waals surface area contributed by atoms with Crippen molar-refractivity contribution in [3.05, 3.63) is 36.2 Å². The number of hydrogen-bond donors (Lipinski definition) is 2. The summed E-state index contributed by atoms with van der Waals surface area (Å²) < 4.78 is 31.7. The van der Waals surface area contributed by atoms with Crippen molar-refractivity contribution in [3.8, 4) is 11.4 Å². The fraction of sp³-hybridized carbons (Fsp3) is 0.400. The zero-order valence-electron chi connectivity index (χ0n) is 13.2. The Bertz CT molecular complexity index is 674. The minimum absolute atomic E-state index is 0.839. The van der Waals surface area contributed by atoms with E-state index in [1.54, 1.807) is 6.33 Å². The first-order chi connectivity index (χ1) is 11.9. The smallest absolute Gasteiger partial charge is 0.475 e. The molecule has 2 heterocycles. The van der Waals surface area contributed by atoms with Gasteiger partial charge in [0.15, 0.2) is 5.82 Å². The van der Waals surface area contributed by atoms with Gasteiger partial charge in [-0.2, -0.15) is 30.0 Å². The molecule has 0 unspecified atom stereocenters. The van der Waals surface area contributed by atoms with E-state index in [0.29, 0.717) is 0 Å². The number of thioether (sulfide) groups is 1. The number of aromatic nitrogens is 3.